The lowest BCUT2D eigenvalue weighted by Crippen LogP contribution is -2.50. The summed E-state index contributed by atoms with van der Waals surface area (Å²) in [6.07, 6.45) is 0. The Balaban J connectivity index is 1.46. The van der Waals surface area contributed by atoms with Gasteiger partial charge in [-0.1, -0.05) is 11.6 Å². The largest absolute Gasteiger partial charge is 0.497 e. The van der Waals surface area contributed by atoms with Crippen LogP contribution < -0.4 is 4.74 Å². The molecule has 2 aromatic carbocycles. The van der Waals surface area contributed by atoms with Crippen molar-refractivity contribution >= 4 is 38.4 Å². The lowest BCUT2D eigenvalue weighted by atomic mass is 10.1. The summed E-state index contributed by atoms with van der Waals surface area (Å²) in [7, 11) is -2.09. The Kier molecular flexibility index (Phi) is 5.64. The Hall–Kier alpha value is -2.68. The highest BCUT2D eigenvalue weighted by Crippen LogP contribution is 2.22. The number of carbonyl (C=O) groups excluding carboxylic acids is 1. The predicted octanol–water partition coefficient (Wildman–Crippen LogP) is 3.04. The highest BCUT2D eigenvalue weighted by molar-refractivity contribution is 7.89. The molecule has 1 saturated heterocycles. The summed E-state index contributed by atoms with van der Waals surface area (Å²) in [5.74, 6) is 0.463. The maximum Gasteiger partial charge on any atom is 0.253 e. The molecular formula is C21H20ClN3O4S. The number of nitrogens with zero attached hydrogens (tertiary/aromatic N) is 3. The zero-order valence-corrected chi connectivity index (χ0v) is 17.9. The number of hydrogen-bond donors (Lipinski definition) is 0. The van der Waals surface area contributed by atoms with Gasteiger partial charge in [-0.3, -0.25) is 4.79 Å². The number of aromatic nitrogens is 1. The van der Waals surface area contributed by atoms with E-state index in [4.69, 9.17) is 16.3 Å². The normalized spacial score (nSPS) is 15.3. The summed E-state index contributed by atoms with van der Waals surface area (Å²) in [4.78, 5) is 19.0. The maximum atomic E-state index is 12.9. The highest BCUT2D eigenvalue weighted by atomic mass is 35.5. The molecule has 1 aromatic heterocycles. The van der Waals surface area contributed by atoms with Crippen LogP contribution in [0.4, 0.5) is 0 Å². The number of pyridine rings is 1. The van der Waals surface area contributed by atoms with Crippen molar-refractivity contribution in [1.29, 1.82) is 0 Å². The van der Waals surface area contributed by atoms with Crippen LogP contribution in [0.15, 0.2) is 59.5 Å². The fourth-order valence-electron chi connectivity index (χ4n) is 3.44. The van der Waals surface area contributed by atoms with E-state index in [0.717, 1.165) is 10.9 Å². The van der Waals surface area contributed by atoms with Gasteiger partial charge < -0.3 is 9.64 Å². The number of carbonyl (C=O) groups is 1. The third-order valence-electron chi connectivity index (χ3n) is 5.13. The minimum absolute atomic E-state index is 0.131. The molecule has 0 radical (unpaired) electrons. The van der Waals surface area contributed by atoms with E-state index in [9.17, 15) is 13.2 Å². The number of halogens is 1. The third kappa shape index (κ3) is 3.98. The van der Waals surface area contributed by atoms with Gasteiger partial charge in [-0.05, 0) is 54.6 Å². The minimum atomic E-state index is -3.61. The molecule has 1 fully saturated rings. The average Bonchev–Trinajstić information content (AvgIpc) is 2.78. The first-order valence-corrected chi connectivity index (χ1v) is 11.2. The summed E-state index contributed by atoms with van der Waals surface area (Å²) in [6.45, 7) is 1.13. The SMILES string of the molecule is COc1ccc(S(=O)(=O)N2CCN(C(=O)c3ccc4nc(Cl)ccc4c3)CC2)cc1. The number of rotatable bonds is 4. The molecule has 4 rings (SSSR count). The molecule has 7 nitrogen and oxygen atoms in total. The number of methoxy groups -OCH3 is 1. The number of ether oxygens (including phenoxy) is 1. The molecule has 0 saturated carbocycles. The van der Waals surface area contributed by atoms with Gasteiger partial charge in [0, 0.05) is 37.1 Å². The van der Waals surface area contributed by atoms with Gasteiger partial charge in [-0.2, -0.15) is 4.31 Å². The molecule has 0 aliphatic carbocycles. The Morgan fingerprint density at radius 1 is 1.00 bits per heavy atom. The van der Waals surface area contributed by atoms with E-state index in [1.54, 1.807) is 41.3 Å². The Morgan fingerprint density at radius 2 is 1.70 bits per heavy atom. The lowest BCUT2D eigenvalue weighted by Gasteiger charge is -2.34. The summed E-state index contributed by atoms with van der Waals surface area (Å²) in [5.41, 5.74) is 1.26. The van der Waals surface area contributed by atoms with E-state index in [0.29, 0.717) is 29.6 Å². The van der Waals surface area contributed by atoms with Crippen molar-refractivity contribution in [2.24, 2.45) is 0 Å². The van der Waals surface area contributed by atoms with Crippen LogP contribution in [0.3, 0.4) is 0 Å². The maximum absolute atomic E-state index is 12.9. The Bertz CT molecular complexity index is 1190. The zero-order chi connectivity index (χ0) is 21.3. The molecule has 0 bridgehead atoms. The van der Waals surface area contributed by atoms with E-state index in [-0.39, 0.29) is 23.9 Å². The quantitative estimate of drug-likeness (QED) is 0.577. The van der Waals surface area contributed by atoms with Crippen molar-refractivity contribution in [2.75, 3.05) is 33.3 Å². The molecule has 0 atom stereocenters. The van der Waals surface area contributed by atoms with Crippen molar-refractivity contribution in [1.82, 2.24) is 14.2 Å². The topological polar surface area (TPSA) is 79.8 Å². The van der Waals surface area contributed by atoms with Crippen molar-refractivity contribution in [2.45, 2.75) is 4.90 Å². The van der Waals surface area contributed by atoms with Gasteiger partial charge in [0.15, 0.2) is 0 Å². The number of fused-ring (bicyclic) bond motifs is 1. The standard InChI is InChI=1S/C21H20ClN3O4S/c1-29-17-4-6-18(7-5-17)30(27,28)25-12-10-24(11-13-25)21(26)16-2-8-19-15(14-16)3-9-20(22)23-19/h2-9,14H,10-13H2,1H3. The average molecular weight is 446 g/mol. The molecule has 0 unspecified atom stereocenters. The molecule has 1 aliphatic rings. The number of hydrogen-bond acceptors (Lipinski definition) is 5. The molecule has 156 valence electrons. The molecule has 1 amide bonds. The fourth-order valence-corrected chi connectivity index (χ4v) is 5.02. The zero-order valence-electron chi connectivity index (χ0n) is 16.3. The van der Waals surface area contributed by atoms with Crippen LogP contribution in [0.1, 0.15) is 10.4 Å². The van der Waals surface area contributed by atoms with Crippen molar-refractivity contribution in [3.05, 3.63) is 65.3 Å². The lowest BCUT2D eigenvalue weighted by molar-refractivity contribution is 0.0698. The number of benzene rings is 2. The van der Waals surface area contributed by atoms with Gasteiger partial charge in [0.1, 0.15) is 10.9 Å². The van der Waals surface area contributed by atoms with Gasteiger partial charge in [-0.25, -0.2) is 13.4 Å². The highest BCUT2D eigenvalue weighted by Gasteiger charge is 2.30. The van der Waals surface area contributed by atoms with Gasteiger partial charge in [-0.15, -0.1) is 0 Å². The molecule has 3 aromatic rings. The third-order valence-corrected chi connectivity index (χ3v) is 7.25. The predicted molar refractivity (Wildman–Crippen MR) is 114 cm³/mol. The Labute approximate surface area is 179 Å². The van der Waals surface area contributed by atoms with Gasteiger partial charge >= 0.3 is 0 Å². The monoisotopic (exact) mass is 445 g/mol. The molecule has 2 heterocycles. The van der Waals surface area contributed by atoms with Gasteiger partial charge in [0.25, 0.3) is 5.91 Å². The second-order valence-electron chi connectivity index (χ2n) is 6.91. The first-order valence-electron chi connectivity index (χ1n) is 9.38. The van der Waals surface area contributed by atoms with E-state index in [1.165, 1.54) is 23.5 Å². The number of piperazine rings is 1. The molecular weight excluding hydrogens is 426 g/mol. The molecule has 30 heavy (non-hydrogen) atoms. The molecule has 0 spiro atoms. The second kappa shape index (κ2) is 8.22. The summed E-state index contributed by atoms with van der Waals surface area (Å²) in [5, 5.41) is 1.22. The van der Waals surface area contributed by atoms with E-state index in [2.05, 4.69) is 4.98 Å². The van der Waals surface area contributed by atoms with E-state index in [1.807, 2.05) is 6.07 Å². The first-order chi connectivity index (χ1) is 14.4. The summed E-state index contributed by atoms with van der Waals surface area (Å²) >= 11 is 5.91. The number of sulfonamides is 1. The van der Waals surface area contributed by atoms with Gasteiger partial charge in [0.05, 0.1) is 17.5 Å². The smallest absolute Gasteiger partial charge is 0.253 e. The van der Waals surface area contributed by atoms with Crippen LogP contribution in [0, 0.1) is 0 Å². The summed E-state index contributed by atoms with van der Waals surface area (Å²) in [6, 6.07) is 15.1. The second-order valence-corrected chi connectivity index (χ2v) is 9.24. The van der Waals surface area contributed by atoms with Crippen LogP contribution >= 0.6 is 11.6 Å². The summed E-state index contributed by atoms with van der Waals surface area (Å²) < 4.78 is 32.2. The molecule has 1 aliphatic heterocycles. The minimum Gasteiger partial charge on any atom is -0.497 e. The van der Waals surface area contributed by atoms with Crippen LogP contribution in [0.25, 0.3) is 10.9 Å². The first kappa shape index (κ1) is 20.6. The Morgan fingerprint density at radius 3 is 2.37 bits per heavy atom. The van der Waals surface area contributed by atoms with E-state index >= 15 is 0 Å². The van der Waals surface area contributed by atoms with Crippen molar-refractivity contribution < 1.29 is 17.9 Å². The molecule has 9 heteroatoms. The molecule has 0 N–H and O–H groups in total. The van der Waals surface area contributed by atoms with Crippen molar-refractivity contribution in [3.63, 3.8) is 0 Å². The van der Waals surface area contributed by atoms with Crippen LogP contribution in [0.5, 0.6) is 5.75 Å². The van der Waals surface area contributed by atoms with Crippen LogP contribution in [0.2, 0.25) is 5.15 Å². The number of amides is 1. The fraction of sp³-hybridized carbons (Fsp3) is 0.238. The van der Waals surface area contributed by atoms with Gasteiger partial charge in [0.2, 0.25) is 10.0 Å². The van der Waals surface area contributed by atoms with E-state index < -0.39 is 10.0 Å². The van der Waals surface area contributed by atoms with Crippen LogP contribution in [-0.2, 0) is 10.0 Å². The van der Waals surface area contributed by atoms with Crippen molar-refractivity contribution in [3.8, 4) is 5.75 Å². The van der Waals surface area contributed by atoms with Crippen LogP contribution in [-0.4, -0.2) is 61.8 Å².